The SMILES string of the molecule is CCCC1CC(CC(C)(C)C)C2C3CC(C(COC(C)OCC)C3COC(C)OCC)C12. The number of ether oxygens (including phenoxy) is 4. The Balaban J connectivity index is 1.78. The van der Waals surface area contributed by atoms with Crippen LogP contribution in [0.15, 0.2) is 0 Å². The molecule has 4 nitrogen and oxygen atoms in total. The van der Waals surface area contributed by atoms with Gasteiger partial charge >= 0.3 is 0 Å². The molecule has 0 radical (unpaired) electrons. The van der Waals surface area contributed by atoms with Crippen molar-refractivity contribution >= 4 is 0 Å². The molecule has 32 heavy (non-hydrogen) atoms. The van der Waals surface area contributed by atoms with Gasteiger partial charge in [-0.05, 0) is 99.7 Å². The third kappa shape index (κ3) is 6.09. The topological polar surface area (TPSA) is 36.9 Å². The zero-order chi connectivity index (χ0) is 23.5. The highest BCUT2D eigenvalue weighted by Gasteiger charge is 2.63. The van der Waals surface area contributed by atoms with Crippen LogP contribution in [0.25, 0.3) is 0 Å². The molecule has 2 bridgehead atoms. The summed E-state index contributed by atoms with van der Waals surface area (Å²) in [6, 6.07) is 0. The van der Waals surface area contributed by atoms with Crippen molar-refractivity contribution in [1.29, 1.82) is 0 Å². The highest BCUT2D eigenvalue weighted by Crippen LogP contribution is 2.68. The average molecular weight is 453 g/mol. The van der Waals surface area contributed by atoms with Gasteiger partial charge in [-0.1, -0.05) is 40.5 Å². The van der Waals surface area contributed by atoms with Gasteiger partial charge in [0.05, 0.1) is 13.2 Å². The highest BCUT2D eigenvalue weighted by atomic mass is 16.7. The molecule has 188 valence electrons. The molecular weight excluding hydrogens is 400 g/mol. The lowest BCUT2D eigenvalue weighted by molar-refractivity contribution is -0.166. The lowest BCUT2D eigenvalue weighted by Crippen LogP contribution is -2.41. The van der Waals surface area contributed by atoms with Crippen LogP contribution in [0.1, 0.15) is 87.5 Å². The fourth-order valence-corrected chi connectivity index (χ4v) is 8.03. The molecule has 3 aliphatic rings. The van der Waals surface area contributed by atoms with Crippen LogP contribution < -0.4 is 0 Å². The zero-order valence-electron chi connectivity index (χ0n) is 22.3. The first kappa shape index (κ1) is 26.4. The normalized spacial score (nSPS) is 38.2. The minimum absolute atomic E-state index is 0.123. The first-order valence-electron chi connectivity index (χ1n) is 13.7. The molecule has 0 aromatic carbocycles. The molecule has 3 aliphatic carbocycles. The molecule has 10 atom stereocenters. The largest absolute Gasteiger partial charge is 0.353 e. The van der Waals surface area contributed by atoms with E-state index in [1.165, 1.54) is 32.1 Å². The summed E-state index contributed by atoms with van der Waals surface area (Å²) < 4.78 is 23.9. The number of rotatable bonds is 13. The molecule has 3 saturated carbocycles. The molecule has 3 fully saturated rings. The van der Waals surface area contributed by atoms with Gasteiger partial charge in [0, 0.05) is 13.2 Å². The third-order valence-corrected chi connectivity index (χ3v) is 8.71. The Kier molecular flexibility index (Phi) is 9.51. The van der Waals surface area contributed by atoms with Gasteiger partial charge in [-0.25, -0.2) is 0 Å². The summed E-state index contributed by atoms with van der Waals surface area (Å²) >= 11 is 0. The Morgan fingerprint density at radius 1 is 0.719 bits per heavy atom. The Morgan fingerprint density at radius 3 is 1.66 bits per heavy atom. The lowest BCUT2D eigenvalue weighted by Gasteiger charge is -2.42. The van der Waals surface area contributed by atoms with Gasteiger partial charge in [0.25, 0.3) is 0 Å². The lowest BCUT2D eigenvalue weighted by atomic mass is 9.65. The summed E-state index contributed by atoms with van der Waals surface area (Å²) in [6.07, 6.45) is 6.65. The fourth-order valence-electron chi connectivity index (χ4n) is 8.03. The summed E-state index contributed by atoms with van der Waals surface area (Å²) in [5.41, 5.74) is 0.406. The fraction of sp³-hybridized carbons (Fsp3) is 1.00. The van der Waals surface area contributed by atoms with E-state index in [9.17, 15) is 0 Å². The van der Waals surface area contributed by atoms with Crippen molar-refractivity contribution in [3.05, 3.63) is 0 Å². The second kappa shape index (κ2) is 11.5. The van der Waals surface area contributed by atoms with E-state index in [4.69, 9.17) is 18.9 Å². The molecule has 0 amide bonds. The Labute approximate surface area is 198 Å². The smallest absolute Gasteiger partial charge is 0.154 e. The van der Waals surface area contributed by atoms with Gasteiger partial charge in [-0.3, -0.25) is 0 Å². The monoisotopic (exact) mass is 452 g/mol. The third-order valence-electron chi connectivity index (χ3n) is 8.71. The zero-order valence-corrected chi connectivity index (χ0v) is 22.3. The summed E-state index contributed by atoms with van der Waals surface area (Å²) in [5.74, 6) is 6.30. The van der Waals surface area contributed by atoms with E-state index < -0.39 is 0 Å². The van der Waals surface area contributed by atoms with E-state index in [1.54, 1.807) is 0 Å². The Morgan fingerprint density at radius 2 is 1.22 bits per heavy atom. The van der Waals surface area contributed by atoms with Crippen LogP contribution >= 0.6 is 0 Å². The highest BCUT2D eigenvalue weighted by molar-refractivity contribution is 5.11. The summed E-state index contributed by atoms with van der Waals surface area (Å²) in [5, 5.41) is 0. The average Bonchev–Trinajstić information content (AvgIpc) is 3.35. The van der Waals surface area contributed by atoms with Crippen LogP contribution in [-0.2, 0) is 18.9 Å². The van der Waals surface area contributed by atoms with Gasteiger partial charge in [0.1, 0.15) is 0 Å². The van der Waals surface area contributed by atoms with E-state index in [1.807, 2.05) is 27.7 Å². The minimum atomic E-state index is -0.124. The van der Waals surface area contributed by atoms with E-state index in [-0.39, 0.29) is 12.6 Å². The van der Waals surface area contributed by atoms with Crippen LogP contribution in [0.2, 0.25) is 0 Å². The van der Waals surface area contributed by atoms with E-state index in [2.05, 4.69) is 27.7 Å². The van der Waals surface area contributed by atoms with Gasteiger partial charge in [-0.15, -0.1) is 0 Å². The Bertz CT molecular complexity index is 558. The number of fused-ring (bicyclic) bond motifs is 5. The van der Waals surface area contributed by atoms with Crippen molar-refractivity contribution in [3.63, 3.8) is 0 Å². The molecule has 0 N–H and O–H groups in total. The maximum absolute atomic E-state index is 6.25. The molecule has 3 rings (SSSR count). The summed E-state index contributed by atoms with van der Waals surface area (Å²) in [7, 11) is 0. The first-order chi connectivity index (χ1) is 15.2. The van der Waals surface area contributed by atoms with Crippen molar-refractivity contribution in [3.8, 4) is 0 Å². The molecule has 0 aliphatic heterocycles. The summed E-state index contributed by atoms with van der Waals surface area (Å²) in [4.78, 5) is 0. The van der Waals surface area contributed by atoms with Crippen LogP contribution in [-0.4, -0.2) is 39.0 Å². The summed E-state index contributed by atoms with van der Waals surface area (Å²) in [6.45, 7) is 20.8. The van der Waals surface area contributed by atoms with E-state index in [0.29, 0.717) is 30.5 Å². The van der Waals surface area contributed by atoms with Gasteiger partial charge in [-0.2, -0.15) is 0 Å². The quantitative estimate of drug-likeness (QED) is 0.289. The first-order valence-corrected chi connectivity index (χ1v) is 13.7. The molecule has 0 saturated heterocycles. The van der Waals surface area contributed by atoms with Crippen molar-refractivity contribution in [2.45, 2.75) is 100 Å². The molecular formula is C28H52O4. The van der Waals surface area contributed by atoms with E-state index in [0.717, 1.165) is 48.7 Å². The number of hydrogen-bond acceptors (Lipinski definition) is 4. The molecule has 0 heterocycles. The van der Waals surface area contributed by atoms with Crippen molar-refractivity contribution in [1.82, 2.24) is 0 Å². The molecule has 0 aromatic rings. The van der Waals surface area contributed by atoms with E-state index >= 15 is 0 Å². The van der Waals surface area contributed by atoms with Crippen LogP contribution in [0.3, 0.4) is 0 Å². The van der Waals surface area contributed by atoms with Crippen molar-refractivity contribution in [2.75, 3.05) is 26.4 Å². The maximum atomic E-state index is 6.25. The van der Waals surface area contributed by atoms with Crippen molar-refractivity contribution in [2.24, 2.45) is 52.8 Å². The van der Waals surface area contributed by atoms with Gasteiger partial charge < -0.3 is 18.9 Å². The maximum Gasteiger partial charge on any atom is 0.154 e. The van der Waals surface area contributed by atoms with Crippen molar-refractivity contribution < 1.29 is 18.9 Å². The van der Waals surface area contributed by atoms with Crippen LogP contribution in [0, 0.1) is 52.8 Å². The number of hydrogen-bond donors (Lipinski definition) is 0. The van der Waals surface area contributed by atoms with Gasteiger partial charge in [0.15, 0.2) is 12.6 Å². The molecule has 0 spiro atoms. The predicted molar refractivity (Wildman–Crippen MR) is 130 cm³/mol. The molecule has 10 unspecified atom stereocenters. The standard InChI is InChI=1S/C28H52O4/c1-9-12-20-13-21(15-28(6,7)8)27-23-14-22(26(20)27)24(16-31-18(4)29-10-2)25(23)17-32-19(5)30-11-3/h18-27H,9-17H2,1-8H3. The van der Waals surface area contributed by atoms with Crippen LogP contribution in [0.4, 0.5) is 0 Å². The molecule has 4 heteroatoms. The second-order valence-corrected chi connectivity index (χ2v) is 12.1. The molecule has 0 aromatic heterocycles. The second-order valence-electron chi connectivity index (χ2n) is 12.1. The van der Waals surface area contributed by atoms with Crippen LogP contribution in [0.5, 0.6) is 0 Å². The Hall–Kier alpha value is -0.160. The van der Waals surface area contributed by atoms with Gasteiger partial charge in [0.2, 0.25) is 0 Å². The minimum Gasteiger partial charge on any atom is -0.353 e. The predicted octanol–water partition coefficient (Wildman–Crippen LogP) is 6.77.